The van der Waals surface area contributed by atoms with Crippen LogP contribution in [0, 0.1) is 5.82 Å². The number of nitrogens with zero attached hydrogens (tertiary/aromatic N) is 2. The second kappa shape index (κ2) is 6.63. The monoisotopic (exact) mass is 282 g/mol. The Labute approximate surface area is 116 Å². The molecule has 1 aromatic heterocycles. The molecule has 0 fully saturated rings. The largest absolute Gasteiger partial charge is 0.310 e. The third kappa shape index (κ3) is 4.01. The lowest BCUT2D eigenvalue weighted by molar-refractivity contribution is 0.548. The Balaban J connectivity index is 1.77. The van der Waals surface area contributed by atoms with Crippen LogP contribution in [-0.4, -0.2) is 21.7 Å². The lowest BCUT2D eigenvalue weighted by Gasteiger charge is -2.14. The summed E-state index contributed by atoms with van der Waals surface area (Å²) in [4.78, 5) is 4.05. The van der Waals surface area contributed by atoms with E-state index in [2.05, 4.69) is 20.5 Å². The van der Waals surface area contributed by atoms with Crippen LogP contribution in [0.4, 0.5) is 4.39 Å². The average molecular weight is 283 g/mol. The Bertz CT molecular complexity index is 515. The number of aromatic amines is 1. The molecule has 2 N–H and O–H groups in total. The zero-order chi connectivity index (χ0) is 13.7. The predicted octanol–water partition coefficient (Wildman–Crippen LogP) is 2.88. The molecule has 4 nitrogen and oxygen atoms in total. The summed E-state index contributed by atoms with van der Waals surface area (Å²) in [6.07, 6.45) is 3.28. The molecule has 1 unspecified atom stereocenters. The van der Waals surface area contributed by atoms with Gasteiger partial charge in [0.25, 0.3) is 0 Å². The molecule has 1 heterocycles. The summed E-state index contributed by atoms with van der Waals surface area (Å²) >= 11 is 5.66. The first-order chi connectivity index (χ1) is 9.16. The normalized spacial score (nSPS) is 12.6. The molecule has 1 aromatic carbocycles. The first kappa shape index (κ1) is 14.0. The van der Waals surface area contributed by atoms with Crippen molar-refractivity contribution in [3.63, 3.8) is 0 Å². The molecule has 102 valence electrons. The van der Waals surface area contributed by atoms with Gasteiger partial charge in [0.1, 0.15) is 18.0 Å². The number of halogens is 2. The molecule has 1 atom stereocenters. The van der Waals surface area contributed by atoms with Gasteiger partial charge >= 0.3 is 0 Å². The maximum absolute atomic E-state index is 13.3. The molecule has 19 heavy (non-hydrogen) atoms. The Kier molecular flexibility index (Phi) is 4.87. The van der Waals surface area contributed by atoms with Crippen LogP contribution in [0.5, 0.6) is 0 Å². The van der Waals surface area contributed by atoms with Gasteiger partial charge in [-0.3, -0.25) is 5.10 Å². The van der Waals surface area contributed by atoms with Gasteiger partial charge in [-0.15, -0.1) is 0 Å². The van der Waals surface area contributed by atoms with Crippen LogP contribution in [0.1, 0.15) is 30.8 Å². The Morgan fingerprint density at radius 3 is 3.00 bits per heavy atom. The van der Waals surface area contributed by atoms with E-state index in [1.807, 2.05) is 13.0 Å². The first-order valence-corrected chi connectivity index (χ1v) is 6.57. The van der Waals surface area contributed by atoms with Crippen molar-refractivity contribution in [3.05, 3.63) is 46.8 Å². The first-order valence-electron chi connectivity index (χ1n) is 6.19. The summed E-state index contributed by atoms with van der Waals surface area (Å²) in [7, 11) is 0. The standard InChI is InChI=1S/C13H16ClFN4/c1-9(10-4-5-11(14)12(15)7-10)16-6-2-3-13-17-8-18-19-13/h4-5,7-9,16H,2-3,6H2,1H3,(H,17,18,19). The van der Waals surface area contributed by atoms with E-state index in [0.29, 0.717) is 0 Å². The van der Waals surface area contributed by atoms with Gasteiger partial charge in [0, 0.05) is 12.5 Å². The number of hydrogen-bond donors (Lipinski definition) is 2. The van der Waals surface area contributed by atoms with Gasteiger partial charge in [0.2, 0.25) is 0 Å². The molecule has 0 saturated carbocycles. The van der Waals surface area contributed by atoms with Crippen LogP contribution in [0.3, 0.4) is 0 Å². The van der Waals surface area contributed by atoms with Crippen molar-refractivity contribution in [2.45, 2.75) is 25.8 Å². The van der Waals surface area contributed by atoms with Crippen molar-refractivity contribution in [1.29, 1.82) is 0 Å². The van der Waals surface area contributed by atoms with E-state index in [1.54, 1.807) is 6.07 Å². The molecule has 0 amide bonds. The molecular formula is C13H16ClFN4. The number of nitrogens with one attached hydrogen (secondary N) is 2. The fourth-order valence-corrected chi connectivity index (χ4v) is 1.94. The molecule has 0 spiro atoms. The molecule has 6 heteroatoms. The van der Waals surface area contributed by atoms with E-state index in [-0.39, 0.29) is 16.9 Å². The SMILES string of the molecule is CC(NCCCc1ncn[nH]1)c1ccc(Cl)c(F)c1. The number of aryl methyl sites for hydroxylation is 1. The Hall–Kier alpha value is -1.46. The lowest BCUT2D eigenvalue weighted by Crippen LogP contribution is -2.20. The molecule has 0 aliphatic carbocycles. The highest BCUT2D eigenvalue weighted by atomic mass is 35.5. The number of aromatic nitrogens is 3. The van der Waals surface area contributed by atoms with Crippen LogP contribution >= 0.6 is 11.6 Å². The maximum Gasteiger partial charge on any atom is 0.142 e. The second-order valence-electron chi connectivity index (χ2n) is 4.39. The highest BCUT2D eigenvalue weighted by Crippen LogP contribution is 2.19. The van der Waals surface area contributed by atoms with Gasteiger partial charge in [-0.05, 0) is 37.6 Å². The van der Waals surface area contributed by atoms with Gasteiger partial charge in [-0.2, -0.15) is 5.10 Å². The number of H-pyrrole nitrogens is 1. The third-order valence-electron chi connectivity index (χ3n) is 2.95. The third-order valence-corrected chi connectivity index (χ3v) is 3.26. The highest BCUT2D eigenvalue weighted by molar-refractivity contribution is 6.30. The fraction of sp³-hybridized carbons (Fsp3) is 0.385. The van der Waals surface area contributed by atoms with Gasteiger partial charge < -0.3 is 5.32 Å². The van der Waals surface area contributed by atoms with Gasteiger partial charge in [-0.25, -0.2) is 9.37 Å². The van der Waals surface area contributed by atoms with Gasteiger partial charge in [0.15, 0.2) is 0 Å². The number of hydrogen-bond acceptors (Lipinski definition) is 3. The van der Waals surface area contributed by atoms with E-state index in [9.17, 15) is 4.39 Å². The number of rotatable bonds is 6. The summed E-state index contributed by atoms with van der Waals surface area (Å²) in [5.74, 6) is 0.501. The van der Waals surface area contributed by atoms with Crippen molar-refractivity contribution in [2.75, 3.05) is 6.54 Å². The summed E-state index contributed by atoms with van der Waals surface area (Å²) < 4.78 is 13.3. The van der Waals surface area contributed by atoms with Gasteiger partial charge in [-0.1, -0.05) is 17.7 Å². The minimum Gasteiger partial charge on any atom is -0.310 e. The molecule has 2 aromatic rings. The molecule has 0 bridgehead atoms. The molecule has 2 rings (SSSR count). The topological polar surface area (TPSA) is 53.6 Å². The molecule has 0 radical (unpaired) electrons. The van der Waals surface area contributed by atoms with Crippen LogP contribution in [0.2, 0.25) is 5.02 Å². The summed E-state index contributed by atoms with van der Waals surface area (Å²) in [6, 6.07) is 4.97. The van der Waals surface area contributed by atoms with Crippen LogP contribution in [0.15, 0.2) is 24.5 Å². The zero-order valence-electron chi connectivity index (χ0n) is 10.7. The van der Waals surface area contributed by atoms with Crippen molar-refractivity contribution in [1.82, 2.24) is 20.5 Å². The lowest BCUT2D eigenvalue weighted by atomic mass is 10.1. The predicted molar refractivity (Wildman–Crippen MR) is 72.5 cm³/mol. The van der Waals surface area contributed by atoms with Crippen LogP contribution in [-0.2, 0) is 6.42 Å². The zero-order valence-corrected chi connectivity index (χ0v) is 11.4. The van der Waals surface area contributed by atoms with Crippen LogP contribution < -0.4 is 5.32 Å². The smallest absolute Gasteiger partial charge is 0.142 e. The van der Waals surface area contributed by atoms with E-state index in [4.69, 9.17) is 11.6 Å². The van der Waals surface area contributed by atoms with E-state index in [0.717, 1.165) is 30.8 Å². The molecule has 0 saturated heterocycles. The molecular weight excluding hydrogens is 267 g/mol. The minimum absolute atomic E-state index is 0.0847. The quantitative estimate of drug-likeness (QED) is 0.801. The average Bonchev–Trinajstić information content (AvgIpc) is 2.91. The number of benzene rings is 1. The van der Waals surface area contributed by atoms with E-state index >= 15 is 0 Å². The summed E-state index contributed by atoms with van der Waals surface area (Å²) in [5, 5.41) is 10.1. The Morgan fingerprint density at radius 1 is 1.47 bits per heavy atom. The summed E-state index contributed by atoms with van der Waals surface area (Å²) in [5.41, 5.74) is 0.890. The second-order valence-corrected chi connectivity index (χ2v) is 4.79. The minimum atomic E-state index is -0.380. The van der Waals surface area contributed by atoms with Crippen molar-refractivity contribution in [2.24, 2.45) is 0 Å². The fourth-order valence-electron chi connectivity index (χ4n) is 1.83. The maximum atomic E-state index is 13.3. The van der Waals surface area contributed by atoms with Crippen molar-refractivity contribution in [3.8, 4) is 0 Å². The van der Waals surface area contributed by atoms with Crippen molar-refractivity contribution >= 4 is 11.6 Å². The van der Waals surface area contributed by atoms with Gasteiger partial charge in [0.05, 0.1) is 5.02 Å². The van der Waals surface area contributed by atoms with E-state index < -0.39 is 0 Å². The Morgan fingerprint density at radius 2 is 2.32 bits per heavy atom. The molecule has 0 aliphatic heterocycles. The van der Waals surface area contributed by atoms with Crippen molar-refractivity contribution < 1.29 is 4.39 Å². The van der Waals surface area contributed by atoms with Crippen LogP contribution in [0.25, 0.3) is 0 Å². The molecule has 0 aliphatic rings. The highest BCUT2D eigenvalue weighted by Gasteiger charge is 2.07. The van der Waals surface area contributed by atoms with E-state index in [1.165, 1.54) is 12.4 Å². The summed E-state index contributed by atoms with van der Waals surface area (Å²) in [6.45, 7) is 2.82.